The summed E-state index contributed by atoms with van der Waals surface area (Å²) in [6.45, 7) is 6.14. The molecular formula is C25H26Cl2FN3O4. The van der Waals surface area contributed by atoms with Crippen molar-refractivity contribution in [1.29, 1.82) is 0 Å². The minimum absolute atomic E-state index is 0.103. The molecule has 0 aliphatic carbocycles. The summed E-state index contributed by atoms with van der Waals surface area (Å²) in [6.07, 6.45) is 3.95. The molecule has 1 aliphatic heterocycles. The van der Waals surface area contributed by atoms with Crippen molar-refractivity contribution < 1.29 is 23.4 Å². The number of anilines is 1. The van der Waals surface area contributed by atoms with Gasteiger partial charge >= 0.3 is 0 Å². The maximum absolute atomic E-state index is 14.0. The molecule has 0 bridgehead atoms. The van der Waals surface area contributed by atoms with E-state index in [1.54, 1.807) is 38.1 Å². The highest BCUT2D eigenvalue weighted by atomic mass is 35.5. The normalized spacial score (nSPS) is 15.9. The summed E-state index contributed by atoms with van der Waals surface area (Å²) in [5.74, 6) is -0.734. The first kappa shape index (κ1) is 25.3. The van der Waals surface area contributed by atoms with Gasteiger partial charge in [0.25, 0.3) is 5.91 Å². The summed E-state index contributed by atoms with van der Waals surface area (Å²) in [6, 6.07) is 2.60. The molecule has 4 rings (SSSR count). The number of carbonyl (C=O) groups excluding carboxylic acids is 1. The quantitative estimate of drug-likeness (QED) is 0.407. The number of fused-ring (bicyclic) bond motifs is 1. The molecule has 35 heavy (non-hydrogen) atoms. The molecule has 1 aromatic carbocycles. The number of hydrogen-bond acceptors (Lipinski definition) is 6. The first-order chi connectivity index (χ1) is 16.6. The van der Waals surface area contributed by atoms with E-state index in [1.807, 2.05) is 6.08 Å². The molecule has 3 N–H and O–H groups in total. The van der Waals surface area contributed by atoms with Crippen molar-refractivity contribution in [3.05, 3.63) is 57.7 Å². The summed E-state index contributed by atoms with van der Waals surface area (Å²) in [7, 11) is 0. The minimum atomic E-state index is -1.02. The van der Waals surface area contributed by atoms with Gasteiger partial charge in [0.15, 0.2) is 11.4 Å². The van der Waals surface area contributed by atoms with Crippen LogP contribution >= 0.6 is 23.2 Å². The molecule has 1 aliphatic rings. The van der Waals surface area contributed by atoms with Gasteiger partial charge < -0.3 is 24.9 Å². The van der Waals surface area contributed by atoms with Gasteiger partial charge in [-0.2, -0.15) is 0 Å². The molecule has 1 amide bonds. The Morgan fingerprint density at radius 3 is 2.71 bits per heavy atom. The number of halogens is 3. The van der Waals surface area contributed by atoms with Crippen molar-refractivity contribution in [1.82, 2.24) is 9.88 Å². The largest absolute Gasteiger partial charge is 0.478 e. The lowest BCUT2D eigenvalue weighted by Gasteiger charge is -2.29. The molecule has 0 spiro atoms. The molecule has 1 unspecified atom stereocenters. The van der Waals surface area contributed by atoms with Crippen LogP contribution in [0.2, 0.25) is 10.0 Å². The second kappa shape index (κ2) is 10.0. The van der Waals surface area contributed by atoms with Crippen LogP contribution in [0, 0.1) is 11.7 Å². The number of furan rings is 1. The Morgan fingerprint density at radius 1 is 1.31 bits per heavy atom. The van der Waals surface area contributed by atoms with Crippen LogP contribution in [-0.4, -0.2) is 40.1 Å². The summed E-state index contributed by atoms with van der Waals surface area (Å²) in [5.41, 5.74) is 8.56. The van der Waals surface area contributed by atoms with Crippen LogP contribution < -0.4 is 10.5 Å². The lowest BCUT2D eigenvalue weighted by atomic mass is 9.98. The Hall–Kier alpha value is -2.81. The Labute approximate surface area is 212 Å². The molecular weight excluding hydrogens is 496 g/mol. The van der Waals surface area contributed by atoms with Gasteiger partial charge in [-0.3, -0.25) is 4.79 Å². The number of carbonyl (C=O) groups is 1. The van der Waals surface area contributed by atoms with E-state index in [0.717, 1.165) is 11.1 Å². The van der Waals surface area contributed by atoms with Gasteiger partial charge in [0.05, 0.1) is 16.7 Å². The number of ether oxygens (including phenoxy) is 1. The maximum Gasteiger partial charge on any atom is 0.251 e. The van der Waals surface area contributed by atoms with Crippen molar-refractivity contribution in [3.8, 4) is 5.75 Å². The predicted molar refractivity (Wildman–Crippen MR) is 134 cm³/mol. The molecule has 3 aromatic rings. The predicted octanol–water partition coefficient (Wildman–Crippen LogP) is 5.63. The molecule has 0 radical (unpaired) electrons. The highest BCUT2D eigenvalue weighted by Crippen LogP contribution is 2.41. The van der Waals surface area contributed by atoms with E-state index in [4.69, 9.17) is 38.1 Å². The van der Waals surface area contributed by atoms with E-state index >= 15 is 0 Å². The topological polar surface area (TPSA) is 102 Å². The van der Waals surface area contributed by atoms with Crippen molar-refractivity contribution in [2.45, 2.75) is 39.4 Å². The number of aliphatic hydroxyl groups excluding tert-OH is 1. The Bertz CT molecular complexity index is 1310. The van der Waals surface area contributed by atoms with Gasteiger partial charge in [0, 0.05) is 35.4 Å². The van der Waals surface area contributed by atoms with Crippen LogP contribution in [0.15, 0.2) is 35.1 Å². The SMILES string of the molecule is CC(Oc1c(N)ncc2c(C3=CCN(C(=O)[C@@H](O)C(C)C)CC3)coc12)c1c(Cl)ccc(F)c1Cl. The monoisotopic (exact) mass is 521 g/mol. The minimum Gasteiger partial charge on any atom is -0.478 e. The van der Waals surface area contributed by atoms with Gasteiger partial charge in [-0.15, -0.1) is 0 Å². The first-order valence-electron chi connectivity index (χ1n) is 11.2. The average molecular weight is 522 g/mol. The second-order valence-corrected chi connectivity index (χ2v) is 9.62. The van der Waals surface area contributed by atoms with E-state index < -0.39 is 18.0 Å². The number of rotatable bonds is 6. The van der Waals surface area contributed by atoms with E-state index in [1.165, 1.54) is 12.1 Å². The average Bonchev–Trinajstić information content (AvgIpc) is 3.27. The number of benzene rings is 1. The molecule has 10 heteroatoms. The molecule has 7 nitrogen and oxygen atoms in total. The third-order valence-electron chi connectivity index (χ3n) is 6.13. The fourth-order valence-corrected chi connectivity index (χ4v) is 4.76. The fraction of sp³-hybridized carbons (Fsp3) is 0.360. The molecule has 3 heterocycles. The number of pyridine rings is 1. The van der Waals surface area contributed by atoms with Crippen LogP contribution in [0.3, 0.4) is 0 Å². The number of nitrogens with two attached hydrogens (primary N) is 1. The lowest BCUT2D eigenvalue weighted by Crippen LogP contribution is -2.43. The van der Waals surface area contributed by atoms with E-state index in [0.29, 0.717) is 36.0 Å². The van der Waals surface area contributed by atoms with Crippen molar-refractivity contribution in [3.63, 3.8) is 0 Å². The van der Waals surface area contributed by atoms with Gasteiger partial charge in [-0.05, 0) is 37.0 Å². The number of aliphatic hydroxyl groups is 1. The molecule has 0 fully saturated rings. The maximum atomic E-state index is 14.0. The van der Waals surface area contributed by atoms with E-state index in [2.05, 4.69) is 4.98 Å². The van der Waals surface area contributed by atoms with Crippen molar-refractivity contribution >= 4 is 51.5 Å². The third-order valence-corrected chi connectivity index (χ3v) is 6.85. The van der Waals surface area contributed by atoms with Crippen LogP contribution in [0.25, 0.3) is 16.5 Å². The van der Waals surface area contributed by atoms with Crippen molar-refractivity contribution in [2.24, 2.45) is 5.92 Å². The zero-order chi connectivity index (χ0) is 25.4. The Morgan fingerprint density at radius 2 is 2.06 bits per heavy atom. The highest BCUT2D eigenvalue weighted by Gasteiger charge is 2.28. The summed E-state index contributed by atoms with van der Waals surface area (Å²) >= 11 is 12.4. The first-order valence-corrected chi connectivity index (χ1v) is 12.0. The number of amides is 1. The summed E-state index contributed by atoms with van der Waals surface area (Å²) < 4.78 is 25.9. The van der Waals surface area contributed by atoms with Crippen molar-refractivity contribution in [2.75, 3.05) is 18.8 Å². The summed E-state index contributed by atoms with van der Waals surface area (Å²) in [4.78, 5) is 18.4. The number of nitrogen functional groups attached to an aromatic ring is 1. The van der Waals surface area contributed by atoms with E-state index in [-0.39, 0.29) is 33.4 Å². The molecule has 186 valence electrons. The zero-order valence-corrected chi connectivity index (χ0v) is 21.0. The molecule has 0 saturated heterocycles. The summed E-state index contributed by atoms with van der Waals surface area (Å²) in [5, 5.41) is 10.9. The van der Waals surface area contributed by atoms with Gasteiger partial charge in [-0.1, -0.05) is 43.1 Å². The standard InChI is InChI=1S/C25H26Cl2FN3O4/c1-12(2)21(32)25(33)31-8-6-14(7-9-31)16-11-34-22-15(16)10-30-24(29)23(22)35-13(3)19-17(26)4-5-18(28)20(19)27/h4-6,10-13,21,32H,7-9H2,1-3H3,(H2,29,30)/t13?,21-/m0/s1. The zero-order valence-electron chi connectivity index (χ0n) is 19.5. The Balaban J connectivity index is 1.62. The second-order valence-electron chi connectivity index (χ2n) is 8.83. The van der Waals surface area contributed by atoms with Crippen LogP contribution in [0.5, 0.6) is 5.75 Å². The number of nitrogens with zero attached hydrogens (tertiary/aromatic N) is 2. The molecule has 0 saturated carbocycles. The van der Waals surface area contributed by atoms with Crippen LogP contribution in [-0.2, 0) is 4.79 Å². The Kier molecular flexibility index (Phi) is 7.26. The van der Waals surface area contributed by atoms with Crippen LogP contribution in [0.1, 0.15) is 44.4 Å². The third kappa shape index (κ3) is 4.83. The van der Waals surface area contributed by atoms with Crippen LogP contribution in [0.4, 0.5) is 10.2 Å². The fourth-order valence-electron chi connectivity index (χ4n) is 4.08. The lowest BCUT2D eigenvalue weighted by molar-refractivity contribution is -0.141. The van der Waals surface area contributed by atoms with Gasteiger partial charge in [0.2, 0.25) is 5.75 Å². The molecule has 2 atom stereocenters. The van der Waals surface area contributed by atoms with E-state index in [9.17, 15) is 14.3 Å². The number of hydrogen-bond donors (Lipinski definition) is 2. The highest BCUT2D eigenvalue weighted by molar-refractivity contribution is 6.36. The number of aromatic nitrogens is 1. The molecule has 2 aromatic heterocycles. The van der Waals surface area contributed by atoms with Gasteiger partial charge in [-0.25, -0.2) is 9.37 Å². The smallest absolute Gasteiger partial charge is 0.251 e. The van der Waals surface area contributed by atoms with Gasteiger partial charge in [0.1, 0.15) is 18.0 Å².